The molecule has 0 aliphatic carbocycles. The number of likely N-dealkylation sites (tertiary alicyclic amines) is 1. The minimum atomic E-state index is -0.575. The number of methoxy groups -OCH3 is 1. The maximum Gasteiger partial charge on any atom is 0.144 e. The van der Waals surface area contributed by atoms with Gasteiger partial charge in [0.2, 0.25) is 0 Å². The molecule has 6 nitrogen and oxygen atoms in total. The summed E-state index contributed by atoms with van der Waals surface area (Å²) >= 11 is 0. The Bertz CT molecular complexity index is 1230. The van der Waals surface area contributed by atoms with Crippen molar-refractivity contribution in [2.24, 2.45) is 0 Å². The van der Waals surface area contributed by atoms with Gasteiger partial charge in [-0.1, -0.05) is 18.2 Å². The van der Waals surface area contributed by atoms with Crippen LogP contribution in [0.2, 0.25) is 0 Å². The van der Waals surface area contributed by atoms with E-state index in [0.717, 1.165) is 55.2 Å². The van der Waals surface area contributed by atoms with Gasteiger partial charge in [0, 0.05) is 42.0 Å². The summed E-state index contributed by atoms with van der Waals surface area (Å²) in [7, 11) is 1.65. The molecule has 0 radical (unpaired) electrons. The largest absolute Gasteiger partial charge is 0.494 e. The van der Waals surface area contributed by atoms with Crippen LogP contribution >= 0.6 is 0 Å². The number of benzene rings is 2. The van der Waals surface area contributed by atoms with E-state index in [0.29, 0.717) is 5.56 Å². The van der Waals surface area contributed by atoms with Gasteiger partial charge >= 0.3 is 0 Å². The third-order valence-electron chi connectivity index (χ3n) is 6.19. The van der Waals surface area contributed by atoms with E-state index in [4.69, 9.17) is 4.74 Å². The Morgan fingerprint density at radius 2 is 1.91 bits per heavy atom. The van der Waals surface area contributed by atoms with Gasteiger partial charge in [-0.15, -0.1) is 0 Å². The molecule has 4 aromatic rings. The van der Waals surface area contributed by atoms with Crippen molar-refractivity contribution in [2.45, 2.75) is 25.3 Å². The first-order valence-corrected chi connectivity index (χ1v) is 11.0. The molecule has 0 spiro atoms. The van der Waals surface area contributed by atoms with Crippen molar-refractivity contribution in [3.05, 3.63) is 83.9 Å². The summed E-state index contributed by atoms with van der Waals surface area (Å²) < 4.78 is 36.1. The normalized spacial score (nSPS) is 16.8. The van der Waals surface area contributed by atoms with Gasteiger partial charge in [-0.3, -0.25) is 10.00 Å². The predicted molar refractivity (Wildman–Crippen MR) is 121 cm³/mol. The summed E-state index contributed by atoms with van der Waals surface area (Å²) in [6, 6.07) is 11.7. The lowest BCUT2D eigenvalue weighted by Gasteiger charge is -2.32. The zero-order valence-corrected chi connectivity index (χ0v) is 18.3. The number of ether oxygens (including phenoxy) is 1. The topological polar surface area (TPSA) is 59.0 Å². The second-order valence-electron chi connectivity index (χ2n) is 8.33. The van der Waals surface area contributed by atoms with Crippen molar-refractivity contribution < 1.29 is 13.5 Å². The van der Waals surface area contributed by atoms with Crippen molar-refractivity contribution in [3.8, 4) is 22.6 Å². The summed E-state index contributed by atoms with van der Waals surface area (Å²) in [6.45, 7) is 2.46. The van der Waals surface area contributed by atoms with Crippen LogP contribution in [0.4, 0.5) is 8.78 Å². The lowest BCUT2D eigenvalue weighted by Crippen LogP contribution is -2.34. The van der Waals surface area contributed by atoms with E-state index in [1.54, 1.807) is 7.11 Å². The number of aromatic amines is 1. The molecule has 1 unspecified atom stereocenters. The predicted octanol–water partition coefficient (Wildman–Crippen LogP) is 4.93. The average Bonchev–Trinajstić information content (AvgIpc) is 3.49. The van der Waals surface area contributed by atoms with E-state index >= 15 is 0 Å². The number of nitrogens with one attached hydrogen (secondary N) is 1. The first kappa shape index (κ1) is 21.3. The molecule has 1 fully saturated rings. The summed E-state index contributed by atoms with van der Waals surface area (Å²) in [5.41, 5.74) is 3.25. The Balaban J connectivity index is 1.33. The van der Waals surface area contributed by atoms with Crippen molar-refractivity contribution in [2.75, 3.05) is 20.2 Å². The van der Waals surface area contributed by atoms with Crippen molar-refractivity contribution in [3.63, 3.8) is 0 Å². The molecule has 1 aliphatic rings. The first-order chi connectivity index (χ1) is 16.1. The second-order valence-corrected chi connectivity index (χ2v) is 8.33. The maximum absolute atomic E-state index is 14.4. The van der Waals surface area contributed by atoms with Gasteiger partial charge in [-0.25, -0.2) is 13.5 Å². The molecule has 170 valence electrons. The van der Waals surface area contributed by atoms with E-state index in [1.807, 2.05) is 41.3 Å². The summed E-state index contributed by atoms with van der Waals surface area (Å²) in [5, 5.41) is 11.6. The standard InChI is InChI=1S/C25H25F2N5O/c1-33-23-10-3-2-9-22(23)32-15-17(12-29-32)14-31-11-5-6-18(16-31)25-19(13-28-30-25)24-20(26)7-4-8-21(24)27/h2-4,7-10,12-13,15,18H,5-6,11,14,16H2,1H3,(H,28,30). The summed E-state index contributed by atoms with van der Waals surface area (Å²) in [4.78, 5) is 2.35. The fourth-order valence-corrected chi connectivity index (χ4v) is 4.65. The molecule has 2 aromatic carbocycles. The Morgan fingerprint density at radius 1 is 1.09 bits per heavy atom. The van der Waals surface area contributed by atoms with Crippen LogP contribution in [0.15, 0.2) is 61.1 Å². The van der Waals surface area contributed by atoms with Crippen LogP contribution in [0, 0.1) is 11.6 Å². The lowest BCUT2D eigenvalue weighted by molar-refractivity contribution is 0.198. The van der Waals surface area contributed by atoms with Gasteiger partial charge in [0.1, 0.15) is 23.1 Å². The first-order valence-electron chi connectivity index (χ1n) is 11.0. The van der Waals surface area contributed by atoms with Crippen LogP contribution in [0.25, 0.3) is 16.8 Å². The van der Waals surface area contributed by atoms with Gasteiger partial charge < -0.3 is 4.74 Å². The molecular formula is C25H25F2N5O. The number of nitrogens with zero attached hydrogens (tertiary/aromatic N) is 4. The molecule has 1 aliphatic heterocycles. The molecule has 0 bridgehead atoms. The molecule has 0 saturated carbocycles. The molecule has 1 N–H and O–H groups in total. The average molecular weight is 450 g/mol. The third-order valence-corrected chi connectivity index (χ3v) is 6.19. The minimum absolute atomic E-state index is 0.0172. The number of rotatable bonds is 6. The summed E-state index contributed by atoms with van der Waals surface area (Å²) in [5.74, 6) is -0.278. The van der Waals surface area contributed by atoms with E-state index in [9.17, 15) is 8.78 Å². The highest BCUT2D eigenvalue weighted by Gasteiger charge is 2.27. The molecule has 0 amide bonds. The molecular weight excluding hydrogens is 424 g/mol. The van der Waals surface area contributed by atoms with E-state index in [2.05, 4.69) is 20.2 Å². The van der Waals surface area contributed by atoms with Crippen LogP contribution in [-0.4, -0.2) is 45.1 Å². The van der Waals surface area contributed by atoms with Crippen molar-refractivity contribution >= 4 is 0 Å². The van der Waals surface area contributed by atoms with Gasteiger partial charge in [-0.2, -0.15) is 10.2 Å². The SMILES string of the molecule is COc1ccccc1-n1cc(CN2CCCC(c3[nH]ncc3-c3c(F)cccc3F)C2)cn1. The van der Waals surface area contributed by atoms with E-state index < -0.39 is 11.6 Å². The highest BCUT2D eigenvalue weighted by Crippen LogP contribution is 2.35. The van der Waals surface area contributed by atoms with Crippen LogP contribution in [0.3, 0.4) is 0 Å². The Labute approximate surface area is 190 Å². The van der Waals surface area contributed by atoms with Crippen LogP contribution in [-0.2, 0) is 6.54 Å². The van der Waals surface area contributed by atoms with Crippen molar-refractivity contribution in [1.82, 2.24) is 24.9 Å². The maximum atomic E-state index is 14.4. The number of hydrogen-bond acceptors (Lipinski definition) is 4. The highest BCUT2D eigenvalue weighted by atomic mass is 19.1. The molecule has 2 aromatic heterocycles. The summed E-state index contributed by atoms with van der Waals surface area (Å²) in [6.07, 6.45) is 7.32. The van der Waals surface area contributed by atoms with Gasteiger partial charge in [0.25, 0.3) is 0 Å². The Hall–Kier alpha value is -3.52. The third kappa shape index (κ3) is 4.26. The quantitative estimate of drug-likeness (QED) is 0.454. The van der Waals surface area contributed by atoms with Crippen LogP contribution < -0.4 is 4.74 Å². The number of hydrogen-bond donors (Lipinski definition) is 1. The molecule has 1 atom stereocenters. The number of aromatic nitrogens is 4. The van der Waals surface area contributed by atoms with Crippen LogP contribution in [0.5, 0.6) is 5.75 Å². The number of halogens is 2. The number of H-pyrrole nitrogens is 1. The highest BCUT2D eigenvalue weighted by molar-refractivity contribution is 5.67. The van der Waals surface area contributed by atoms with Crippen LogP contribution in [0.1, 0.15) is 30.0 Å². The minimum Gasteiger partial charge on any atom is -0.494 e. The molecule has 3 heterocycles. The van der Waals surface area contributed by atoms with E-state index in [1.165, 1.54) is 24.4 Å². The fourth-order valence-electron chi connectivity index (χ4n) is 4.65. The van der Waals surface area contributed by atoms with Gasteiger partial charge in [0.15, 0.2) is 0 Å². The second kappa shape index (κ2) is 9.15. The van der Waals surface area contributed by atoms with Gasteiger partial charge in [0.05, 0.1) is 25.1 Å². The zero-order valence-electron chi connectivity index (χ0n) is 18.3. The zero-order chi connectivity index (χ0) is 22.8. The lowest BCUT2D eigenvalue weighted by atomic mass is 9.90. The fraction of sp³-hybridized carbons (Fsp3) is 0.280. The molecule has 33 heavy (non-hydrogen) atoms. The van der Waals surface area contributed by atoms with E-state index in [-0.39, 0.29) is 11.5 Å². The Kier molecular flexibility index (Phi) is 5.92. The molecule has 1 saturated heterocycles. The number of para-hydroxylation sites is 2. The van der Waals surface area contributed by atoms with Crippen molar-refractivity contribution in [1.29, 1.82) is 0 Å². The molecule has 8 heteroatoms. The Morgan fingerprint density at radius 3 is 2.73 bits per heavy atom. The molecule has 5 rings (SSSR count). The van der Waals surface area contributed by atoms with Gasteiger partial charge in [-0.05, 0) is 43.7 Å². The number of piperidine rings is 1. The smallest absolute Gasteiger partial charge is 0.144 e. The monoisotopic (exact) mass is 449 g/mol.